The first kappa shape index (κ1) is 19.4. The number of carbonyl (C=O) groups excluding carboxylic acids is 1. The molecule has 0 saturated carbocycles. The molecule has 0 aliphatic carbocycles. The number of aromatic nitrogens is 1. The van der Waals surface area contributed by atoms with Crippen LogP contribution in [-0.2, 0) is 6.18 Å². The Balaban J connectivity index is 1.73. The Labute approximate surface area is 157 Å². The molecule has 0 radical (unpaired) electrons. The third kappa shape index (κ3) is 3.97. The number of aromatic amines is 1. The van der Waals surface area contributed by atoms with Gasteiger partial charge < -0.3 is 10.6 Å². The van der Waals surface area contributed by atoms with Gasteiger partial charge in [0.1, 0.15) is 25.0 Å². The molecule has 1 aromatic heterocycles. The van der Waals surface area contributed by atoms with Gasteiger partial charge in [-0.1, -0.05) is 0 Å². The summed E-state index contributed by atoms with van der Waals surface area (Å²) in [7, 11) is 0. The summed E-state index contributed by atoms with van der Waals surface area (Å²) in [5.74, 6) is -0.219. The van der Waals surface area contributed by atoms with Gasteiger partial charge in [-0.2, -0.15) is 13.2 Å². The number of piperazine rings is 1. The molecule has 1 aliphatic rings. The van der Waals surface area contributed by atoms with Crippen LogP contribution in [-0.4, -0.2) is 37.0 Å². The molecule has 3 N–H and O–H groups in total. The smallest absolute Gasteiger partial charge is 0.366 e. The number of anilines is 2. The van der Waals surface area contributed by atoms with Crippen LogP contribution in [0.2, 0.25) is 0 Å². The summed E-state index contributed by atoms with van der Waals surface area (Å²) in [6.45, 7) is 1.75. The molecule has 8 nitrogen and oxygen atoms in total. The molecule has 1 aliphatic heterocycles. The lowest BCUT2D eigenvalue weighted by Gasteiger charge is -2.32. The second kappa shape index (κ2) is 7.33. The number of nitro groups is 1. The summed E-state index contributed by atoms with van der Waals surface area (Å²) in [5, 5.41) is 11.4. The number of primary amides is 1. The first-order valence-electron chi connectivity index (χ1n) is 8.34. The van der Waals surface area contributed by atoms with Crippen molar-refractivity contribution in [2.45, 2.75) is 6.18 Å². The van der Waals surface area contributed by atoms with E-state index in [1.165, 1.54) is 18.2 Å². The zero-order valence-electron chi connectivity index (χ0n) is 14.6. The van der Waals surface area contributed by atoms with E-state index < -0.39 is 22.6 Å². The minimum atomic E-state index is -4.41. The van der Waals surface area contributed by atoms with Gasteiger partial charge in [-0.15, -0.1) is 0 Å². The molecule has 148 valence electrons. The van der Waals surface area contributed by atoms with Crippen LogP contribution in [0.3, 0.4) is 0 Å². The lowest BCUT2D eigenvalue weighted by molar-refractivity contribution is -0.384. The number of hydrogen-bond donors (Lipinski definition) is 1. The van der Waals surface area contributed by atoms with E-state index >= 15 is 0 Å². The van der Waals surface area contributed by atoms with Crippen molar-refractivity contribution in [1.29, 1.82) is 0 Å². The minimum Gasteiger partial charge on any atom is -0.366 e. The summed E-state index contributed by atoms with van der Waals surface area (Å²) in [6, 6.07) is 6.43. The van der Waals surface area contributed by atoms with Gasteiger partial charge in [0, 0.05) is 17.7 Å². The van der Waals surface area contributed by atoms with Crippen LogP contribution in [0.25, 0.3) is 0 Å². The Morgan fingerprint density at radius 3 is 2.25 bits per heavy atom. The van der Waals surface area contributed by atoms with Crippen molar-refractivity contribution in [2.24, 2.45) is 5.73 Å². The predicted octanol–water partition coefficient (Wildman–Crippen LogP) is 1.85. The molecule has 1 fully saturated rings. The Morgan fingerprint density at radius 1 is 1.11 bits per heavy atom. The number of nitrogens with two attached hydrogens (primary N) is 1. The lowest BCUT2D eigenvalue weighted by Crippen LogP contribution is -2.48. The standard InChI is InChI=1S/C17H16F3N5O3/c18-17(19,20)12-2-4-15(22-10-12)24-7-5-23(6-8-24)13-3-1-11(16(21)26)9-14(13)25(27)28/h1-4,9-10H,5-8H2,(H2,21,26)/p+1. The molecule has 1 amide bonds. The van der Waals surface area contributed by atoms with Gasteiger partial charge in [-0.05, 0) is 18.2 Å². The fourth-order valence-electron chi connectivity index (χ4n) is 3.07. The van der Waals surface area contributed by atoms with Crippen molar-refractivity contribution in [1.82, 2.24) is 0 Å². The van der Waals surface area contributed by atoms with Crippen molar-refractivity contribution in [2.75, 3.05) is 36.0 Å². The SMILES string of the molecule is NC(=O)c1ccc(N2CCN(c3ccc(C(F)(F)F)c[nH+]3)CC2)c([N+](=O)[O-])c1. The van der Waals surface area contributed by atoms with Gasteiger partial charge in [0.15, 0.2) is 0 Å². The Morgan fingerprint density at radius 2 is 1.75 bits per heavy atom. The number of benzene rings is 1. The maximum Gasteiger partial charge on any atom is 0.419 e. The summed E-state index contributed by atoms with van der Waals surface area (Å²) < 4.78 is 38.0. The van der Waals surface area contributed by atoms with Crippen LogP contribution >= 0.6 is 0 Å². The van der Waals surface area contributed by atoms with E-state index in [1.54, 1.807) is 4.90 Å². The lowest BCUT2D eigenvalue weighted by atomic mass is 10.1. The maximum absolute atomic E-state index is 12.7. The van der Waals surface area contributed by atoms with Gasteiger partial charge in [0.05, 0.1) is 23.6 Å². The van der Waals surface area contributed by atoms with E-state index in [9.17, 15) is 28.1 Å². The highest BCUT2D eigenvalue weighted by atomic mass is 19.4. The van der Waals surface area contributed by atoms with Crippen LogP contribution < -0.4 is 20.5 Å². The number of amides is 1. The van der Waals surface area contributed by atoms with Gasteiger partial charge in [0.2, 0.25) is 5.91 Å². The average molecular weight is 396 g/mol. The number of pyridine rings is 1. The summed E-state index contributed by atoms with van der Waals surface area (Å²) >= 11 is 0. The Kier molecular flexibility index (Phi) is 5.08. The van der Waals surface area contributed by atoms with Crippen molar-refractivity contribution in [3.05, 3.63) is 57.8 Å². The largest absolute Gasteiger partial charge is 0.419 e. The maximum atomic E-state index is 12.7. The van der Waals surface area contributed by atoms with Gasteiger partial charge in [0.25, 0.3) is 11.5 Å². The molecule has 28 heavy (non-hydrogen) atoms. The van der Waals surface area contributed by atoms with Crippen LogP contribution in [0.4, 0.5) is 30.4 Å². The molecule has 11 heteroatoms. The fourth-order valence-corrected chi connectivity index (χ4v) is 3.07. The quantitative estimate of drug-likeness (QED) is 0.627. The van der Waals surface area contributed by atoms with Gasteiger partial charge in [-0.25, -0.2) is 4.98 Å². The van der Waals surface area contributed by atoms with Crippen molar-refractivity contribution < 1.29 is 27.9 Å². The molecule has 1 saturated heterocycles. The summed E-state index contributed by atoms with van der Waals surface area (Å²) in [6.07, 6.45) is -3.50. The zero-order valence-corrected chi connectivity index (χ0v) is 14.6. The van der Waals surface area contributed by atoms with Crippen LogP contribution in [0.15, 0.2) is 36.5 Å². The molecular weight excluding hydrogens is 379 g/mol. The van der Waals surface area contributed by atoms with Crippen LogP contribution in [0.5, 0.6) is 0 Å². The Bertz CT molecular complexity index is 894. The van der Waals surface area contributed by atoms with Crippen molar-refractivity contribution in [3.63, 3.8) is 0 Å². The van der Waals surface area contributed by atoms with E-state index in [2.05, 4.69) is 4.98 Å². The molecule has 0 unspecified atom stereocenters. The summed E-state index contributed by atoms with van der Waals surface area (Å²) in [4.78, 5) is 28.3. The van der Waals surface area contributed by atoms with Gasteiger partial charge in [-0.3, -0.25) is 19.8 Å². The molecular formula is C17H17F3N5O3+. The second-order valence-electron chi connectivity index (χ2n) is 6.26. The average Bonchev–Trinajstić information content (AvgIpc) is 2.67. The van der Waals surface area contributed by atoms with Crippen LogP contribution in [0.1, 0.15) is 15.9 Å². The van der Waals surface area contributed by atoms with Crippen molar-refractivity contribution in [3.8, 4) is 0 Å². The molecule has 0 spiro atoms. The highest BCUT2D eigenvalue weighted by Crippen LogP contribution is 2.31. The Hall–Kier alpha value is -3.37. The van der Waals surface area contributed by atoms with Gasteiger partial charge >= 0.3 is 6.18 Å². The normalized spacial score (nSPS) is 14.8. The summed E-state index contributed by atoms with van der Waals surface area (Å²) in [5.41, 5.74) is 4.61. The third-order valence-electron chi connectivity index (χ3n) is 4.54. The highest BCUT2D eigenvalue weighted by molar-refractivity contribution is 5.94. The van der Waals surface area contributed by atoms with E-state index in [0.29, 0.717) is 37.7 Å². The molecule has 2 heterocycles. The third-order valence-corrected chi connectivity index (χ3v) is 4.54. The second-order valence-corrected chi connectivity index (χ2v) is 6.26. The number of alkyl halides is 3. The zero-order chi connectivity index (χ0) is 20.5. The number of halogens is 3. The number of carbonyl (C=O) groups is 1. The monoisotopic (exact) mass is 396 g/mol. The number of nitrogens with zero attached hydrogens (tertiary/aromatic N) is 3. The van der Waals surface area contributed by atoms with E-state index in [4.69, 9.17) is 5.73 Å². The fraction of sp³-hybridized carbons (Fsp3) is 0.294. The topological polar surface area (TPSA) is 107 Å². The number of rotatable bonds is 4. The molecule has 3 rings (SSSR count). The van der Waals surface area contributed by atoms with E-state index in [0.717, 1.165) is 18.3 Å². The molecule has 1 aromatic carbocycles. The first-order valence-corrected chi connectivity index (χ1v) is 8.34. The number of hydrogen-bond acceptors (Lipinski definition) is 5. The molecule has 0 bridgehead atoms. The number of nitrogens with one attached hydrogen (secondary N) is 1. The number of nitro benzene ring substituents is 1. The van der Waals surface area contributed by atoms with Crippen molar-refractivity contribution >= 4 is 23.1 Å². The minimum absolute atomic E-state index is 0.0495. The van der Waals surface area contributed by atoms with E-state index in [1.807, 2.05) is 4.90 Å². The van der Waals surface area contributed by atoms with E-state index in [-0.39, 0.29) is 11.3 Å². The molecule has 0 atom stereocenters. The highest BCUT2D eigenvalue weighted by Gasteiger charge is 2.33. The number of H-pyrrole nitrogens is 1. The van der Waals surface area contributed by atoms with Crippen LogP contribution in [0, 0.1) is 10.1 Å². The predicted molar refractivity (Wildman–Crippen MR) is 94.0 cm³/mol. The first-order chi connectivity index (χ1) is 13.2. The molecule has 2 aromatic rings.